The number of hydrogen-bond donors (Lipinski definition) is 2. The molecule has 2 nitrogen and oxygen atoms in total. The van der Waals surface area contributed by atoms with Gasteiger partial charge >= 0.3 is 0 Å². The van der Waals surface area contributed by atoms with Gasteiger partial charge in [-0.05, 0) is 86.5 Å². The maximum absolute atomic E-state index is 10.5. The van der Waals surface area contributed by atoms with Crippen molar-refractivity contribution in [3.63, 3.8) is 0 Å². The molecular weight excluding hydrogens is 256 g/mol. The van der Waals surface area contributed by atoms with Crippen molar-refractivity contribution in [2.45, 2.75) is 53.9 Å². The fourth-order valence-corrected chi connectivity index (χ4v) is 7.57. The summed E-state index contributed by atoms with van der Waals surface area (Å²) in [5.41, 5.74) is 4.67. The van der Waals surface area contributed by atoms with Crippen molar-refractivity contribution in [1.82, 2.24) is 0 Å². The average molecular weight is 283 g/mol. The molecule has 0 aliphatic heterocycles. The molecular formula is C14H26O2Si2. The lowest BCUT2D eigenvalue weighted by Gasteiger charge is -2.29. The van der Waals surface area contributed by atoms with E-state index in [1.165, 1.54) is 22.3 Å². The fraction of sp³-hybridized carbons (Fsp3) is 0.571. The van der Waals surface area contributed by atoms with Gasteiger partial charge in [0.2, 0.25) is 16.6 Å². The van der Waals surface area contributed by atoms with E-state index in [4.69, 9.17) is 0 Å². The van der Waals surface area contributed by atoms with E-state index < -0.39 is 16.6 Å². The van der Waals surface area contributed by atoms with E-state index in [-0.39, 0.29) is 0 Å². The molecule has 0 heterocycles. The van der Waals surface area contributed by atoms with Crippen molar-refractivity contribution in [3.8, 4) is 0 Å². The summed E-state index contributed by atoms with van der Waals surface area (Å²) >= 11 is 0. The summed E-state index contributed by atoms with van der Waals surface area (Å²) in [5.74, 6) is 0. The molecule has 0 amide bonds. The highest BCUT2D eigenvalue weighted by Gasteiger charge is 2.32. The standard InChI is InChI=1S/C14H26O2Si2/c1-9-10(2)14(18(7,8)16)12(4)11(3)13(9)17(5,6)15/h15-16H,1-8H3. The first-order valence-corrected chi connectivity index (χ1v) is 12.3. The zero-order valence-corrected chi connectivity index (χ0v) is 14.9. The van der Waals surface area contributed by atoms with Crippen LogP contribution in [0.1, 0.15) is 22.3 Å². The SMILES string of the molecule is Cc1c(C)c([Si](C)(C)O)c(C)c(C)c1[Si](C)(C)O. The number of benzene rings is 1. The summed E-state index contributed by atoms with van der Waals surface area (Å²) < 4.78 is 0. The Hall–Kier alpha value is -0.426. The van der Waals surface area contributed by atoms with Crippen molar-refractivity contribution < 1.29 is 9.59 Å². The molecule has 2 N–H and O–H groups in total. The maximum Gasteiger partial charge on any atom is 0.214 e. The Labute approximate surface area is 113 Å². The molecule has 0 aliphatic rings. The Kier molecular flexibility index (Phi) is 3.99. The van der Waals surface area contributed by atoms with Gasteiger partial charge in [0.25, 0.3) is 0 Å². The Morgan fingerprint density at radius 3 is 0.833 bits per heavy atom. The van der Waals surface area contributed by atoms with Crippen molar-refractivity contribution >= 4 is 27.0 Å². The lowest BCUT2D eigenvalue weighted by atomic mass is 10.0. The third-order valence-corrected chi connectivity index (χ3v) is 7.80. The predicted molar refractivity (Wildman–Crippen MR) is 84.1 cm³/mol. The smallest absolute Gasteiger partial charge is 0.214 e. The highest BCUT2D eigenvalue weighted by atomic mass is 28.4. The molecule has 0 radical (unpaired) electrons. The molecule has 0 fully saturated rings. The zero-order valence-electron chi connectivity index (χ0n) is 12.9. The van der Waals surface area contributed by atoms with Crippen LogP contribution in [-0.4, -0.2) is 26.2 Å². The monoisotopic (exact) mass is 282 g/mol. The van der Waals surface area contributed by atoms with Crippen molar-refractivity contribution in [2.75, 3.05) is 0 Å². The molecule has 0 spiro atoms. The Morgan fingerprint density at radius 2 is 0.722 bits per heavy atom. The highest BCUT2D eigenvalue weighted by molar-refractivity contribution is 6.86. The topological polar surface area (TPSA) is 40.5 Å². The second kappa shape index (κ2) is 4.60. The average Bonchev–Trinajstić information content (AvgIpc) is 2.10. The molecule has 18 heavy (non-hydrogen) atoms. The molecule has 1 rings (SSSR count). The molecule has 0 atom stereocenters. The largest absolute Gasteiger partial charge is 0.428 e. The molecule has 0 aliphatic carbocycles. The van der Waals surface area contributed by atoms with Crippen LogP contribution >= 0.6 is 0 Å². The summed E-state index contributed by atoms with van der Waals surface area (Å²) in [4.78, 5) is 21.0. The van der Waals surface area contributed by atoms with Crippen molar-refractivity contribution in [2.24, 2.45) is 0 Å². The van der Waals surface area contributed by atoms with Crippen LogP contribution in [0.2, 0.25) is 26.2 Å². The number of rotatable bonds is 2. The van der Waals surface area contributed by atoms with Gasteiger partial charge in [-0.15, -0.1) is 0 Å². The van der Waals surface area contributed by atoms with Gasteiger partial charge in [-0.3, -0.25) is 0 Å². The Balaban J connectivity index is 3.79. The molecule has 0 unspecified atom stereocenters. The molecule has 1 aromatic carbocycles. The minimum absolute atomic E-state index is 1.14. The first kappa shape index (κ1) is 15.6. The van der Waals surface area contributed by atoms with Crippen LogP contribution in [0.5, 0.6) is 0 Å². The predicted octanol–water partition coefficient (Wildman–Crippen LogP) is 1.73. The molecule has 0 saturated carbocycles. The molecule has 1 aromatic rings. The summed E-state index contributed by atoms with van der Waals surface area (Å²) in [5, 5.41) is 2.28. The molecule has 102 valence electrons. The van der Waals surface area contributed by atoms with Crippen molar-refractivity contribution in [3.05, 3.63) is 22.3 Å². The van der Waals surface area contributed by atoms with Crippen LogP contribution in [0.25, 0.3) is 0 Å². The van der Waals surface area contributed by atoms with Crippen LogP contribution in [0.4, 0.5) is 0 Å². The molecule has 0 saturated heterocycles. The van der Waals surface area contributed by atoms with Gasteiger partial charge in [-0.1, -0.05) is 0 Å². The van der Waals surface area contributed by atoms with Crippen LogP contribution in [0.3, 0.4) is 0 Å². The maximum atomic E-state index is 10.5. The number of hydrogen-bond acceptors (Lipinski definition) is 2. The van der Waals surface area contributed by atoms with E-state index in [1.807, 2.05) is 26.2 Å². The van der Waals surface area contributed by atoms with Gasteiger partial charge in [0.1, 0.15) is 0 Å². The van der Waals surface area contributed by atoms with Crippen LogP contribution < -0.4 is 10.4 Å². The third kappa shape index (κ3) is 2.61. The lowest BCUT2D eigenvalue weighted by Crippen LogP contribution is -2.51. The highest BCUT2D eigenvalue weighted by Crippen LogP contribution is 2.18. The van der Waals surface area contributed by atoms with Gasteiger partial charge in [-0.25, -0.2) is 0 Å². The normalized spacial score (nSPS) is 13.0. The second-order valence-electron chi connectivity index (χ2n) is 6.37. The quantitative estimate of drug-likeness (QED) is 0.811. The van der Waals surface area contributed by atoms with E-state index in [9.17, 15) is 9.59 Å². The first-order valence-electron chi connectivity index (χ1n) is 6.45. The minimum Gasteiger partial charge on any atom is -0.428 e. The fourth-order valence-electron chi connectivity index (χ4n) is 3.15. The van der Waals surface area contributed by atoms with Crippen LogP contribution in [-0.2, 0) is 0 Å². The van der Waals surface area contributed by atoms with Gasteiger partial charge in [0.05, 0.1) is 0 Å². The summed E-state index contributed by atoms with van der Waals surface area (Å²) in [6.07, 6.45) is 0. The lowest BCUT2D eigenvalue weighted by molar-refractivity contribution is 0.565. The van der Waals surface area contributed by atoms with Crippen LogP contribution in [0.15, 0.2) is 0 Å². The summed E-state index contributed by atoms with van der Waals surface area (Å²) in [6, 6.07) is 0. The van der Waals surface area contributed by atoms with Gasteiger partial charge in [0, 0.05) is 0 Å². The van der Waals surface area contributed by atoms with E-state index in [0.29, 0.717) is 0 Å². The van der Waals surface area contributed by atoms with E-state index in [0.717, 1.165) is 10.4 Å². The molecule has 4 heteroatoms. The van der Waals surface area contributed by atoms with Crippen LogP contribution in [0, 0.1) is 27.7 Å². The second-order valence-corrected chi connectivity index (χ2v) is 13.6. The van der Waals surface area contributed by atoms with E-state index in [1.54, 1.807) is 0 Å². The Morgan fingerprint density at radius 1 is 0.556 bits per heavy atom. The molecule has 0 bridgehead atoms. The van der Waals surface area contributed by atoms with Gasteiger partial charge in [-0.2, -0.15) is 0 Å². The third-order valence-electron chi connectivity index (χ3n) is 3.85. The summed E-state index contributed by atoms with van der Waals surface area (Å²) in [7, 11) is -4.67. The van der Waals surface area contributed by atoms with E-state index >= 15 is 0 Å². The molecule has 0 aromatic heterocycles. The minimum atomic E-state index is -2.33. The van der Waals surface area contributed by atoms with Gasteiger partial charge < -0.3 is 9.59 Å². The zero-order chi connectivity index (χ0) is 14.5. The Bertz CT molecular complexity index is 406. The summed E-state index contributed by atoms with van der Waals surface area (Å²) in [6.45, 7) is 16.1. The van der Waals surface area contributed by atoms with Gasteiger partial charge in [0.15, 0.2) is 0 Å². The first-order chi connectivity index (χ1) is 7.89. The van der Waals surface area contributed by atoms with E-state index in [2.05, 4.69) is 27.7 Å². The van der Waals surface area contributed by atoms with Crippen molar-refractivity contribution in [1.29, 1.82) is 0 Å².